The molecule has 0 atom stereocenters. The molecular formula is C20H21BN4O4. The van der Waals surface area contributed by atoms with Crippen molar-refractivity contribution < 1.29 is 19.1 Å². The highest BCUT2D eigenvalue weighted by atomic mass is 16.5. The molecule has 29 heavy (non-hydrogen) atoms. The number of ether oxygens (including phenoxy) is 1. The van der Waals surface area contributed by atoms with Crippen LogP contribution in [-0.2, 0) is 0 Å². The zero-order chi connectivity index (χ0) is 21.0. The van der Waals surface area contributed by atoms with Crippen LogP contribution < -0.4 is 15.4 Å². The van der Waals surface area contributed by atoms with Gasteiger partial charge in [0.1, 0.15) is 5.75 Å². The molecule has 3 amide bonds. The second kappa shape index (κ2) is 8.79. The number of ketones is 1. The molecule has 0 aromatic heterocycles. The van der Waals surface area contributed by atoms with E-state index < -0.39 is 6.03 Å². The summed E-state index contributed by atoms with van der Waals surface area (Å²) in [5.74, 6) is 0.268. The molecule has 0 saturated carbocycles. The summed E-state index contributed by atoms with van der Waals surface area (Å²) in [6, 6.07) is 11.0. The molecule has 1 aliphatic heterocycles. The van der Waals surface area contributed by atoms with Crippen molar-refractivity contribution in [2.24, 2.45) is 0 Å². The Kier molecular flexibility index (Phi) is 6.18. The lowest BCUT2D eigenvalue weighted by atomic mass is 10.1. The van der Waals surface area contributed by atoms with Crippen LogP contribution in [0.25, 0.3) is 0 Å². The van der Waals surface area contributed by atoms with Gasteiger partial charge in [-0.25, -0.2) is 4.79 Å². The van der Waals surface area contributed by atoms with Crippen molar-refractivity contribution in [3.63, 3.8) is 0 Å². The molecule has 3 rings (SSSR count). The molecule has 0 bridgehead atoms. The summed E-state index contributed by atoms with van der Waals surface area (Å²) in [7, 11) is 9.00. The third-order valence-corrected chi connectivity index (χ3v) is 4.42. The van der Waals surface area contributed by atoms with Gasteiger partial charge in [-0.3, -0.25) is 9.59 Å². The number of Topliss-reactive ketones (excluding diaryl/α,β-unsaturated/α-hetero) is 1. The van der Waals surface area contributed by atoms with E-state index in [2.05, 4.69) is 10.6 Å². The number of fused-ring (bicyclic) bond motifs is 1. The smallest absolute Gasteiger partial charge is 0.323 e. The number of hydrogen-bond donors (Lipinski definition) is 2. The maximum absolute atomic E-state index is 12.4. The van der Waals surface area contributed by atoms with Gasteiger partial charge >= 0.3 is 6.03 Å². The Bertz CT molecular complexity index is 931. The normalized spacial score (nSPS) is 12.3. The number of anilines is 2. The minimum absolute atomic E-state index is 0.0220. The summed E-state index contributed by atoms with van der Waals surface area (Å²) in [4.78, 5) is 39.4. The maximum Gasteiger partial charge on any atom is 0.323 e. The number of amides is 3. The molecule has 1 heterocycles. The monoisotopic (exact) mass is 392 g/mol. The topological polar surface area (TPSA) is 91.0 Å². The number of urea groups is 1. The summed E-state index contributed by atoms with van der Waals surface area (Å²) >= 11 is 0. The standard InChI is InChI=1S/C20H21BN4O4/c1-24(9-10-25(2)21)19(27)13-3-5-14(6-4-13)22-20(28)23-15-7-8-18-16(11-15)17(26)12-29-18/h3-8,11H,9-10,12H2,1-2H3,(H2,22,23,28). The van der Waals surface area contributed by atoms with Gasteiger partial charge in [-0.2, -0.15) is 0 Å². The van der Waals surface area contributed by atoms with Crippen LogP contribution in [0.5, 0.6) is 5.75 Å². The first-order valence-electron chi connectivity index (χ1n) is 9.03. The zero-order valence-corrected chi connectivity index (χ0v) is 16.3. The molecule has 2 aromatic rings. The molecule has 2 N–H and O–H groups in total. The summed E-state index contributed by atoms with van der Waals surface area (Å²) in [5, 5.41) is 5.36. The molecular weight excluding hydrogens is 371 g/mol. The lowest BCUT2D eigenvalue weighted by molar-refractivity contribution is 0.0791. The molecule has 0 spiro atoms. The molecule has 0 fully saturated rings. The summed E-state index contributed by atoms with van der Waals surface area (Å²) in [6.45, 7) is 1.08. The largest absolute Gasteiger partial charge is 0.485 e. The zero-order valence-electron chi connectivity index (χ0n) is 16.3. The fourth-order valence-electron chi connectivity index (χ4n) is 2.79. The molecule has 8 nitrogen and oxygen atoms in total. The van der Waals surface area contributed by atoms with Crippen LogP contribution in [0.2, 0.25) is 0 Å². The number of nitrogens with one attached hydrogen (secondary N) is 2. The number of carbonyl (C=O) groups is 3. The van der Waals surface area contributed by atoms with Crippen molar-refractivity contribution in [1.29, 1.82) is 0 Å². The Hall–Kier alpha value is -3.33. The highest BCUT2D eigenvalue weighted by Gasteiger charge is 2.21. The van der Waals surface area contributed by atoms with Crippen LogP contribution in [0.1, 0.15) is 20.7 Å². The van der Waals surface area contributed by atoms with Crippen molar-refractivity contribution in [3.05, 3.63) is 53.6 Å². The van der Waals surface area contributed by atoms with E-state index in [1.807, 2.05) is 0 Å². The minimum Gasteiger partial charge on any atom is -0.485 e. The Labute approximate surface area is 170 Å². The van der Waals surface area contributed by atoms with Crippen LogP contribution in [0.15, 0.2) is 42.5 Å². The number of likely N-dealkylation sites (N-methyl/N-ethyl adjacent to an activating group) is 2. The second-order valence-corrected chi connectivity index (χ2v) is 6.79. The number of carbonyl (C=O) groups excluding carboxylic acids is 3. The van der Waals surface area contributed by atoms with E-state index >= 15 is 0 Å². The van der Waals surface area contributed by atoms with Crippen molar-refractivity contribution in [2.75, 3.05) is 44.4 Å². The third kappa shape index (κ3) is 5.14. The predicted octanol–water partition coefficient (Wildman–Crippen LogP) is 1.99. The lowest BCUT2D eigenvalue weighted by Gasteiger charge is -2.20. The first kappa shape index (κ1) is 20.4. The average Bonchev–Trinajstić information content (AvgIpc) is 3.06. The van der Waals surface area contributed by atoms with Crippen LogP contribution >= 0.6 is 0 Å². The van der Waals surface area contributed by atoms with E-state index in [4.69, 9.17) is 12.7 Å². The summed E-state index contributed by atoms with van der Waals surface area (Å²) in [6.07, 6.45) is 0. The van der Waals surface area contributed by atoms with Gasteiger partial charge in [0.05, 0.1) is 5.56 Å². The van der Waals surface area contributed by atoms with Crippen LogP contribution in [-0.4, -0.2) is 69.2 Å². The Morgan fingerprint density at radius 3 is 2.38 bits per heavy atom. The predicted molar refractivity (Wildman–Crippen MR) is 111 cm³/mol. The Morgan fingerprint density at radius 1 is 1.03 bits per heavy atom. The van der Waals surface area contributed by atoms with Crippen LogP contribution in [0.4, 0.5) is 16.2 Å². The van der Waals surface area contributed by atoms with Gasteiger partial charge in [0.15, 0.2) is 14.6 Å². The van der Waals surface area contributed by atoms with Crippen molar-refractivity contribution >= 4 is 37.1 Å². The Morgan fingerprint density at radius 2 is 1.69 bits per heavy atom. The van der Waals surface area contributed by atoms with E-state index in [0.29, 0.717) is 41.3 Å². The first-order valence-corrected chi connectivity index (χ1v) is 9.03. The minimum atomic E-state index is -0.460. The van der Waals surface area contributed by atoms with Crippen LogP contribution in [0, 0.1) is 0 Å². The second-order valence-electron chi connectivity index (χ2n) is 6.79. The first-order chi connectivity index (χ1) is 13.8. The number of benzene rings is 2. The van der Waals surface area contributed by atoms with Gasteiger partial charge in [-0.15, -0.1) is 0 Å². The quantitative estimate of drug-likeness (QED) is 0.734. The van der Waals surface area contributed by atoms with Gasteiger partial charge < -0.3 is 25.1 Å². The molecule has 2 aromatic carbocycles. The van der Waals surface area contributed by atoms with E-state index in [0.717, 1.165) is 0 Å². The average molecular weight is 392 g/mol. The molecule has 1 aliphatic rings. The van der Waals surface area contributed by atoms with Gasteiger partial charge in [-0.05, 0) is 49.5 Å². The van der Waals surface area contributed by atoms with Crippen LogP contribution in [0.3, 0.4) is 0 Å². The molecule has 0 saturated heterocycles. The lowest BCUT2D eigenvalue weighted by Crippen LogP contribution is -2.33. The van der Waals surface area contributed by atoms with E-state index in [1.54, 1.807) is 61.5 Å². The van der Waals surface area contributed by atoms with Gasteiger partial charge in [0.25, 0.3) is 5.91 Å². The fraction of sp³-hybridized carbons (Fsp3) is 0.250. The molecule has 2 radical (unpaired) electrons. The SMILES string of the molecule is [B]N(C)CCN(C)C(=O)c1ccc(NC(=O)Nc2ccc3c(c2)C(=O)CO3)cc1. The summed E-state index contributed by atoms with van der Waals surface area (Å²) in [5.41, 5.74) is 1.98. The maximum atomic E-state index is 12.4. The van der Waals surface area contributed by atoms with E-state index in [1.165, 1.54) is 4.81 Å². The molecule has 148 valence electrons. The van der Waals surface area contributed by atoms with Crippen molar-refractivity contribution in [3.8, 4) is 5.75 Å². The fourth-order valence-corrected chi connectivity index (χ4v) is 2.79. The van der Waals surface area contributed by atoms with Crippen molar-refractivity contribution in [2.45, 2.75) is 0 Å². The van der Waals surface area contributed by atoms with E-state index in [9.17, 15) is 14.4 Å². The molecule has 0 unspecified atom stereocenters. The highest BCUT2D eigenvalue weighted by Crippen LogP contribution is 2.28. The van der Waals surface area contributed by atoms with Gasteiger partial charge in [0.2, 0.25) is 5.78 Å². The van der Waals surface area contributed by atoms with E-state index in [-0.39, 0.29) is 18.3 Å². The van der Waals surface area contributed by atoms with Gasteiger partial charge in [-0.1, -0.05) is 0 Å². The number of nitrogens with zero attached hydrogens (tertiary/aromatic N) is 2. The summed E-state index contributed by atoms with van der Waals surface area (Å²) < 4.78 is 5.22. The Balaban J connectivity index is 1.57. The van der Waals surface area contributed by atoms with Crippen molar-refractivity contribution in [1.82, 2.24) is 9.71 Å². The molecule has 0 aliphatic carbocycles. The third-order valence-electron chi connectivity index (χ3n) is 4.42. The van der Waals surface area contributed by atoms with Gasteiger partial charge in [0, 0.05) is 37.1 Å². The molecule has 9 heteroatoms. The number of hydrogen-bond acceptors (Lipinski definition) is 5. The number of rotatable bonds is 6. The highest BCUT2D eigenvalue weighted by molar-refractivity contribution is 6.05.